The van der Waals surface area contributed by atoms with Crippen LogP contribution in [0.2, 0.25) is 0 Å². The third-order valence-electron chi connectivity index (χ3n) is 6.49. The monoisotopic (exact) mass is 478 g/mol. The summed E-state index contributed by atoms with van der Waals surface area (Å²) in [5, 5.41) is 11.9. The van der Waals surface area contributed by atoms with E-state index in [1.54, 1.807) is 48.5 Å². The SMILES string of the molecule is O=C(CNc1ccc(C(=O)NCC2CCCO2)cc1)Nc1ccc(C(=O)NC2CCCCC2)cc1. The number of hydrogen-bond acceptors (Lipinski definition) is 5. The lowest BCUT2D eigenvalue weighted by atomic mass is 9.95. The highest BCUT2D eigenvalue weighted by molar-refractivity contribution is 5.97. The molecular weight excluding hydrogens is 444 g/mol. The van der Waals surface area contributed by atoms with Crippen molar-refractivity contribution < 1.29 is 19.1 Å². The summed E-state index contributed by atoms with van der Waals surface area (Å²) in [5.41, 5.74) is 2.52. The van der Waals surface area contributed by atoms with Crippen molar-refractivity contribution in [3.05, 3.63) is 59.7 Å². The Labute approximate surface area is 206 Å². The molecular formula is C27H34N4O4. The van der Waals surface area contributed by atoms with Crippen molar-refractivity contribution in [1.29, 1.82) is 0 Å². The van der Waals surface area contributed by atoms with Gasteiger partial charge in [-0.3, -0.25) is 14.4 Å². The van der Waals surface area contributed by atoms with Crippen molar-refractivity contribution in [2.45, 2.75) is 57.1 Å². The van der Waals surface area contributed by atoms with Crippen LogP contribution in [-0.4, -0.2) is 49.6 Å². The Morgan fingerprint density at radius 3 is 2.09 bits per heavy atom. The topological polar surface area (TPSA) is 109 Å². The van der Waals surface area contributed by atoms with Gasteiger partial charge in [0.2, 0.25) is 5.91 Å². The summed E-state index contributed by atoms with van der Waals surface area (Å²) in [7, 11) is 0. The molecule has 2 fully saturated rings. The molecule has 2 aromatic carbocycles. The minimum absolute atomic E-state index is 0.0690. The number of benzene rings is 2. The molecule has 4 N–H and O–H groups in total. The first kappa shape index (κ1) is 24.7. The number of carbonyl (C=O) groups is 3. The zero-order valence-electron chi connectivity index (χ0n) is 20.0. The molecule has 35 heavy (non-hydrogen) atoms. The van der Waals surface area contributed by atoms with Crippen LogP contribution in [0.4, 0.5) is 11.4 Å². The minimum Gasteiger partial charge on any atom is -0.376 e. The highest BCUT2D eigenvalue weighted by Crippen LogP contribution is 2.18. The molecule has 4 rings (SSSR count). The van der Waals surface area contributed by atoms with Crippen molar-refractivity contribution >= 4 is 29.1 Å². The van der Waals surface area contributed by atoms with Gasteiger partial charge in [0, 0.05) is 41.7 Å². The Kier molecular flexibility index (Phi) is 8.73. The number of amides is 3. The van der Waals surface area contributed by atoms with E-state index in [2.05, 4.69) is 21.3 Å². The van der Waals surface area contributed by atoms with Crippen molar-refractivity contribution in [3.8, 4) is 0 Å². The fraction of sp³-hybridized carbons (Fsp3) is 0.444. The van der Waals surface area contributed by atoms with Gasteiger partial charge in [-0.1, -0.05) is 19.3 Å². The largest absolute Gasteiger partial charge is 0.376 e. The quantitative estimate of drug-likeness (QED) is 0.439. The first-order chi connectivity index (χ1) is 17.1. The van der Waals surface area contributed by atoms with Gasteiger partial charge in [0.05, 0.1) is 12.6 Å². The molecule has 0 aromatic heterocycles. The first-order valence-corrected chi connectivity index (χ1v) is 12.5. The average molecular weight is 479 g/mol. The summed E-state index contributed by atoms with van der Waals surface area (Å²) in [4.78, 5) is 37.0. The van der Waals surface area contributed by atoms with E-state index in [-0.39, 0.29) is 36.4 Å². The lowest BCUT2D eigenvalue weighted by molar-refractivity contribution is -0.114. The molecule has 2 aromatic rings. The number of hydrogen-bond donors (Lipinski definition) is 4. The van der Waals surface area contributed by atoms with Crippen LogP contribution >= 0.6 is 0 Å². The van der Waals surface area contributed by atoms with Crippen LogP contribution in [0.5, 0.6) is 0 Å². The van der Waals surface area contributed by atoms with E-state index in [4.69, 9.17) is 4.74 Å². The Balaban J connectivity index is 1.18. The lowest BCUT2D eigenvalue weighted by Crippen LogP contribution is -2.36. The maximum atomic E-state index is 12.4. The summed E-state index contributed by atoms with van der Waals surface area (Å²) >= 11 is 0. The molecule has 8 heteroatoms. The molecule has 8 nitrogen and oxygen atoms in total. The Morgan fingerprint density at radius 2 is 1.43 bits per heavy atom. The van der Waals surface area contributed by atoms with Gasteiger partial charge in [0.15, 0.2) is 0 Å². The van der Waals surface area contributed by atoms with Crippen LogP contribution in [-0.2, 0) is 9.53 Å². The van der Waals surface area contributed by atoms with Gasteiger partial charge in [-0.05, 0) is 74.2 Å². The van der Waals surface area contributed by atoms with Gasteiger partial charge >= 0.3 is 0 Å². The smallest absolute Gasteiger partial charge is 0.251 e. The fourth-order valence-corrected chi connectivity index (χ4v) is 4.46. The molecule has 0 spiro atoms. The zero-order chi connectivity index (χ0) is 24.5. The Bertz CT molecular complexity index is 995. The van der Waals surface area contributed by atoms with Gasteiger partial charge in [-0.15, -0.1) is 0 Å². The Hall–Kier alpha value is -3.39. The highest BCUT2D eigenvalue weighted by atomic mass is 16.5. The van der Waals surface area contributed by atoms with Gasteiger partial charge < -0.3 is 26.0 Å². The van der Waals surface area contributed by atoms with E-state index >= 15 is 0 Å². The van der Waals surface area contributed by atoms with E-state index in [1.165, 1.54) is 19.3 Å². The molecule has 0 radical (unpaired) electrons. The van der Waals surface area contributed by atoms with Crippen molar-refractivity contribution in [1.82, 2.24) is 10.6 Å². The fourth-order valence-electron chi connectivity index (χ4n) is 4.46. The number of rotatable bonds is 9. The first-order valence-electron chi connectivity index (χ1n) is 12.5. The Morgan fingerprint density at radius 1 is 0.771 bits per heavy atom. The predicted octanol–water partition coefficient (Wildman–Crippen LogP) is 3.71. The van der Waals surface area contributed by atoms with Crippen LogP contribution in [0.1, 0.15) is 65.7 Å². The summed E-state index contributed by atoms with van der Waals surface area (Å²) < 4.78 is 5.52. The van der Waals surface area contributed by atoms with Crippen molar-refractivity contribution in [2.24, 2.45) is 0 Å². The summed E-state index contributed by atoms with van der Waals surface area (Å²) in [5.74, 6) is -0.413. The molecule has 1 saturated heterocycles. The molecule has 2 aliphatic rings. The maximum Gasteiger partial charge on any atom is 0.251 e. The van der Waals surface area contributed by atoms with Gasteiger partial charge in [0.1, 0.15) is 0 Å². The molecule has 186 valence electrons. The van der Waals surface area contributed by atoms with Gasteiger partial charge in [-0.2, -0.15) is 0 Å². The van der Waals surface area contributed by atoms with Crippen LogP contribution in [0.25, 0.3) is 0 Å². The highest BCUT2D eigenvalue weighted by Gasteiger charge is 2.17. The molecule has 1 atom stereocenters. The van der Waals surface area contributed by atoms with Crippen LogP contribution in [0, 0.1) is 0 Å². The van der Waals surface area contributed by atoms with E-state index in [1.807, 2.05) is 0 Å². The number of carbonyl (C=O) groups excluding carboxylic acids is 3. The number of ether oxygens (including phenoxy) is 1. The van der Waals surface area contributed by atoms with Gasteiger partial charge in [-0.25, -0.2) is 0 Å². The van der Waals surface area contributed by atoms with Crippen LogP contribution in [0.3, 0.4) is 0 Å². The summed E-state index contributed by atoms with van der Waals surface area (Å²) in [6.07, 6.45) is 7.78. The van der Waals surface area contributed by atoms with E-state index in [0.29, 0.717) is 23.4 Å². The van der Waals surface area contributed by atoms with Crippen molar-refractivity contribution in [2.75, 3.05) is 30.3 Å². The summed E-state index contributed by atoms with van der Waals surface area (Å²) in [6.45, 7) is 1.36. The number of nitrogens with one attached hydrogen (secondary N) is 4. The second kappa shape index (κ2) is 12.4. The lowest BCUT2D eigenvalue weighted by Gasteiger charge is -2.22. The second-order valence-corrected chi connectivity index (χ2v) is 9.21. The molecule has 0 bridgehead atoms. The minimum atomic E-state index is -0.206. The van der Waals surface area contributed by atoms with E-state index < -0.39 is 0 Å². The van der Waals surface area contributed by atoms with E-state index in [9.17, 15) is 14.4 Å². The van der Waals surface area contributed by atoms with Gasteiger partial charge in [0.25, 0.3) is 11.8 Å². The summed E-state index contributed by atoms with van der Waals surface area (Å²) in [6, 6.07) is 14.2. The maximum absolute atomic E-state index is 12.4. The second-order valence-electron chi connectivity index (χ2n) is 9.21. The van der Waals surface area contributed by atoms with Crippen LogP contribution < -0.4 is 21.3 Å². The molecule has 3 amide bonds. The molecule has 1 heterocycles. The molecule has 1 saturated carbocycles. The average Bonchev–Trinajstić information content (AvgIpc) is 3.41. The normalized spacial score (nSPS) is 18.0. The predicted molar refractivity (Wildman–Crippen MR) is 136 cm³/mol. The van der Waals surface area contributed by atoms with E-state index in [0.717, 1.165) is 38.0 Å². The third kappa shape index (κ3) is 7.55. The van der Waals surface area contributed by atoms with Crippen LogP contribution in [0.15, 0.2) is 48.5 Å². The third-order valence-corrected chi connectivity index (χ3v) is 6.49. The molecule has 1 aliphatic carbocycles. The van der Waals surface area contributed by atoms with Crippen molar-refractivity contribution in [3.63, 3.8) is 0 Å². The molecule has 1 unspecified atom stereocenters. The standard InChI is InChI=1S/C27H34N4O4/c32-25(30-23-14-10-20(11-15-23)27(34)31-22-5-2-1-3-6-22)18-28-21-12-8-19(9-13-21)26(33)29-17-24-7-4-16-35-24/h8-15,22,24,28H,1-7,16-18H2,(H,29,33)(H,30,32)(H,31,34). The zero-order valence-corrected chi connectivity index (χ0v) is 20.0. The number of anilines is 2. The molecule has 1 aliphatic heterocycles.